The van der Waals surface area contributed by atoms with Crippen molar-refractivity contribution in [2.24, 2.45) is 0 Å². The van der Waals surface area contributed by atoms with E-state index in [1.165, 1.54) is 18.9 Å². The molecule has 0 unspecified atom stereocenters. The Morgan fingerprint density at radius 2 is 1.93 bits per heavy atom. The molecule has 3 rings (SSSR count). The fraction of sp³-hybridized carbons (Fsp3) is 0.350. The van der Waals surface area contributed by atoms with Crippen LogP contribution < -0.4 is 0 Å². The molecule has 152 valence electrons. The number of aromatic amines is 1. The fourth-order valence-corrected chi connectivity index (χ4v) is 4.13. The van der Waals surface area contributed by atoms with Crippen molar-refractivity contribution in [3.63, 3.8) is 0 Å². The third-order valence-corrected chi connectivity index (χ3v) is 5.78. The lowest BCUT2D eigenvalue weighted by Crippen LogP contribution is -2.16. The van der Waals surface area contributed by atoms with Crippen LogP contribution in [0.5, 0.6) is 0 Å². The Hall–Kier alpha value is -2.94. The molecule has 8 nitrogen and oxygen atoms in total. The van der Waals surface area contributed by atoms with Gasteiger partial charge < -0.3 is 9.72 Å². The Labute approximate surface area is 173 Å². The summed E-state index contributed by atoms with van der Waals surface area (Å²) in [6.07, 6.45) is 0. The molecule has 1 atom stereocenters. The molecular formula is C20H23N5O3S. The van der Waals surface area contributed by atoms with E-state index in [4.69, 9.17) is 4.74 Å². The summed E-state index contributed by atoms with van der Waals surface area (Å²) in [5, 5.41) is 12.0. The van der Waals surface area contributed by atoms with Crippen molar-refractivity contribution >= 4 is 23.5 Å². The second kappa shape index (κ2) is 8.20. The molecule has 0 radical (unpaired) electrons. The molecule has 9 heteroatoms. The fourth-order valence-electron chi connectivity index (χ4n) is 3.27. The van der Waals surface area contributed by atoms with E-state index in [1.54, 1.807) is 25.5 Å². The number of ether oxygens (including phenoxy) is 1. The highest BCUT2D eigenvalue weighted by Crippen LogP contribution is 2.28. The third kappa shape index (κ3) is 3.95. The van der Waals surface area contributed by atoms with Crippen molar-refractivity contribution in [3.05, 3.63) is 51.8 Å². The van der Waals surface area contributed by atoms with Crippen molar-refractivity contribution in [2.45, 2.75) is 45.0 Å². The van der Waals surface area contributed by atoms with Crippen LogP contribution in [0.25, 0.3) is 5.69 Å². The van der Waals surface area contributed by atoms with E-state index in [0.717, 1.165) is 16.8 Å². The first-order chi connectivity index (χ1) is 13.7. The lowest BCUT2D eigenvalue weighted by Gasteiger charge is -2.11. The smallest absolute Gasteiger partial charge is 0.339 e. The number of H-pyrrole nitrogens is 1. The average molecular weight is 414 g/mol. The number of carbonyl (C=O) groups excluding carboxylic acids is 2. The normalized spacial score (nSPS) is 12.1. The topological polar surface area (TPSA) is 103 Å². The van der Waals surface area contributed by atoms with Crippen LogP contribution in [0.1, 0.15) is 50.2 Å². The second-order valence-electron chi connectivity index (χ2n) is 6.90. The number of ketones is 1. The monoisotopic (exact) mass is 413 g/mol. The summed E-state index contributed by atoms with van der Waals surface area (Å²) in [5.41, 5.74) is 5.03. The number of aryl methyl sites for hydroxylation is 3. The van der Waals surface area contributed by atoms with E-state index in [2.05, 4.69) is 26.6 Å². The molecule has 1 aromatic carbocycles. The summed E-state index contributed by atoms with van der Waals surface area (Å²) >= 11 is 1.27. The van der Waals surface area contributed by atoms with Gasteiger partial charge in [0, 0.05) is 5.69 Å². The molecule has 2 aromatic heterocycles. The maximum Gasteiger partial charge on any atom is 0.339 e. The zero-order valence-corrected chi connectivity index (χ0v) is 18.0. The van der Waals surface area contributed by atoms with Gasteiger partial charge in [-0.05, 0) is 62.2 Å². The number of benzene rings is 1. The van der Waals surface area contributed by atoms with Crippen molar-refractivity contribution < 1.29 is 14.3 Å². The van der Waals surface area contributed by atoms with Crippen LogP contribution in [-0.2, 0) is 4.74 Å². The molecule has 1 N–H and O–H groups in total. The van der Waals surface area contributed by atoms with E-state index in [9.17, 15) is 9.59 Å². The van der Waals surface area contributed by atoms with E-state index in [0.29, 0.717) is 27.7 Å². The van der Waals surface area contributed by atoms with E-state index < -0.39 is 11.2 Å². The van der Waals surface area contributed by atoms with Crippen LogP contribution in [0.2, 0.25) is 0 Å². The van der Waals surface area contributed by atoms with Gasteiger partial charge in [0.1, 0.15) is 0 Å². The first-order valence-electron chi connectivity index (χ1n) is 9.09. The van der Waals surface area contributed by atoms with Crippen molar-refractivity contribution in [2.75, 3.05) is 7.11 Å². The van der Waals surface area contributed by atoms with Crippen molar-refractivity contribution in [1.82, 2.24) is 25.2 Å². The van der Waals surface area contributed by atoms with Gasteiger partial charge in [0.05, 0.1) is 29.3 Å². The summed E-state index contributed by atoms with van der Waals surface area (Å²) in [6, 6.07) is 6.00. The van der Waals surface area contributed by atoms with Gasteiger partial charge in [0.25, 0.3) is 0 Å². The molecule has 0 spiro atoms. The summed E-state index contributed by atoms with van der Waals surface area (Å²) in [5.74, 6) is -0.602. The Bertz CT molecular complexity index is 1090. The first kappa shape index (κ1) is 20.8. The van der Waals surface area contributed by atoms with Crippen molar-refractivity contribution in [3.8, 4) is 5.69 Å². The zero-order valence-electron chi connectivity index (χ0n) is 17.2. The molecule has 0 amide bonds. The van der Waals surface area contributed by atoms with Crippen LogP contribution in [0.3, 0.4) is 0 Å². The Balaban J connectivity index is 1.87. The average Bonchev–Trinajstić information content (AvgIpc) is 3.24. The number of tetrazole rings is 1. The Kier molecular flexibility index (Phi) is 5.88. The number of methoxy groups -OCH3 is 1. The molecule has 2 heterocycles. The maximum absolute atomic E-state index is 13.0. The number of nitrogens with one attached hydrogen (secondary N) is 1. The number of nitrogens with zero attached hydrogens (tertiary/aromatic N) is 4. The van der Waals surface area contributed by atoms with Crippen LogP contribution in [0.4, 0.5) is 0 Å². The van der Waals surface area contributed by atoms with Gasteiger partial charge >= 0.3 is 5.97 Å². The van der Waals surface area contributed by atoms with E-state index in [-0.39, 0.29) is 5.78 Å². The summed E-state index contributed by atoms with van der Waals surface area (Å²) in [6.45, 7) is 9.29. The SMILES string of the molecule is COC(=O)c1c(C)[nH]c(C(=O)[C@H](C)Sc2nnnn2-c2ccc(C)cc2C)c1C. The highest BCUT2D eigenvalue weighted by molar-refractivity contribution is 8.00. The standard InChI is InChI=1S/C20H23N5O3S/c1-10-7-8-15(11(2)9-10)25-20(22-23-24-25)29-14(5)18(26)17-12(3)16(13(4)21-17)19(27)28-6/h7-9,14,21H,1-6H3/t14-/m0/s1. The van der Waals surface area contributed by atoms with Gasteiger partial charge in [-0.25, -0.2) is 4.79 Å². The lowest BCUT2D eigenvalue weighted by molar-refractivity contribution is 0.0599. The number of hydrogen-bond acceptors (Lipinski definition) is 7. The number of carbonyl (C=O) groups is 2. The lowest BCUT2D eigenvalue weighted by atomic mass is 10.1. The zero-order chi connectivity index (χ0) is 21.3. The summed E-state index contributed by atoms with van der Waals surface area (Å²) in [4.78, 5) is 28.1. The predicted octanol–water partition coefficient (Wildman–Crippen LogP) is 3.37. The number of rotatable bonds is 6. The van der Waals surface area contributed by atoms with Gasteiger partial charge in [-0.3, -0.25) is 4.79 Å². The first-order valence-corrected chi connectivity index (χ1v) is 9.96. The van der Waals surface area contributed by atoms with Crippen molar-refractivity contribution in [1.29, 1.82) is 0 Å². The Morgan fingerprint density at radius 3 is 2.59 bits per heavy atom. The third-order valence-electron chi connectivity index (χ3n) is 4.75. The van der Waals surface area contributed by atoms with Crippen LogP contribution in [0, 0.1) is 27.7 Å². The highest BCUT2D eigenvalue weighted by atomic mass is 32.2. The Morgan fingerprint density at radius 1 is 1.21 bits per heavy atom. The molecule has 3 aromatic rings. The van der Waals surface area contributed by atoms with Gasteiger partial charge in [0.15, 0.2) is 5.78 Å². The van der Waals surface area contributed by atoms with E-state index in [1.807, 2.05) is 26.0 Å². The molecular weight excluding hydrogens is 390 g/mol. The molecule has 0 fully saturated rings. The predicted molar refractivity (Wildman–Crippen MR) is 110 cm³/mol. The molecule has 0 aliphatic heterocycles. The molecule has 0 saturated carbocycles. The number of aromatic nitrogens is 5. The largest absolute Gasteiger partial charge is 0.465 e. The van der Waals surface area contributed by atoms with Crippen LogP contribution in [0.15, 0.2) is 23.4 Å². The quantitative estimate of drug-likeness (QED) is 0.375. The molecule has 0 aliphatic rings. The van der Waals surface area contributed by atoms with Gasteiger partial charge in [-0.15, -0.1) is 5.10 Å². The summed E-state index contributed by atoms with van der Waals surface area (Å²) < 4.78 is 6.45. The van der Waals surface area contributed by atoms with Gasteiger partial charge in [0.2, 0.25) is 5.16 Å². The second-order valence-corrected chi connectivity index (χ2v) is 8.21. The molecule has 0 saturated heterocycles. The van der Waals surface area contributed by atoms with Crippen LogP contribution >= 0.6 is 11.8 Å². The minimum absolute atomic E-state index is 0.138. The summed E-state index contributed by atoms with van der Waals surface area (Å²) in [7, 11) is 1.32. The molecule has 0 aliphatic carbocycles. The van der Waals surface area contributed by atoms with Gasteiger partial charge in [-0.2, -0.15) is 4.68 Å². The minimum atomic E-state index is -0.465. The van der Waals surface area contributed by atoms with E-state index >= 15 is 0 Å². The number of esters is 1. The van der Waals surface area contributed by atoms with Gasteiger partial charge in [-0.1, -0.05) is 29.5 Å². The maximum atomic E-state index is 13.0. The number of thioether (sulfide) groups is 1. The molecule has 0 bridgehead atoms. The highest BCUT2D eigenvalue weighted by Gasteiger charge is 2.27. The molecule has 29 heavy (non-hydrogen) atoms. The number of Topliss-reactive ketones (excluding diaryl/α,β-unsaturated/α-hetero) is 1. The minimum Gasteiger partial charge on any atom is -0.465 e. The number of hydrogen-bond donors (Lipinski definition) is 1. The van der Waals surface area contributed by atoms with Crippen LogP contribution in [-0.4, -0.2) is 49.3 Å².